The maximum atomic E-state index is 12.6. The monoisotopic (exact) mass is 362 g/mol. The molecule has 0 aliphatic carbocycles. The van der Waals surface area contributed by atoms with E-state index in [-0.39, 0.29) is 5.56 Å². The Balaban J connectivity index is 1.87. The van der Waals surface area contributed by atoms with Crippen molar-refractivity contribution in [2.24, 2.45) is 0 Å². The van der Waals surface area contributed by atoms with Crippen LogP contribution >= 0.6 is 23.1 Å². The third kappa shape index (κ3) is 3.41. The van der Waals surface area contributed by atoms with Gasteiger partial charge in [-0.3, -0.25) is 9.36 Å². The van der Waals surface area contributed by atoms with Crippen LogP contribution < -0.4 is 5.56 Å². The fourth-order valence-electron chi connectivity index (χ4n) is 2.27. The number of aromatic nitrogens is 6. The molecule has 0 spiro atoms. The normalized spacial score (nSPS) is 11.2. The predicted octanol–water partition coefficient (Wildman–Crippen LogP) is 2.72. The zero-order valence-corrected chi connectivity index (χ0v) is 15.0. The van der Waals surface area contributed by atoms with Crippen molar-refractivity contribution in [1.29, 1.82) is 0 Å². The molecule has 0 aromatic carbocycles. The van der Waals surface area contributed by atoms with E-state index >= 15 is 0 Å². The minimum atomic E-state index is -0.0331. The molecule has 3 rings (SSSR count). The van der Waals surface area contributed by atoms with Gasteiger partial charge in [0.05, 0.1) is 11.1 Å². The van der Waals surface area contributed by atoms with Crippen LogP contribution in [0.2, 0.25) is 0 Å². The number of unbranched alkanes of at least 4 members (excludes halogenated alkanes) is 1. The third-order valence-corrected chi connectivity index (χ3v) is 5.30. The number of hydrogen-bond acceptors (Lipinski definition) is 7. The van der Waals surface area contributed by atoms with E-state index in [4.69, 9.17) is 0 Å². The van der Waals surface area contributed by atoms with Gasteiger partial charge in [-0.25, -0.2) is 9.67 Å². The lowest BCUT2D eigenvalue weighted by Gasteiger charge is -2.10. The van der Waals surface area contributed by atoms with Gasteiger partial charge >= 0.3 is 0 Å². The summed E-state index contributed by atoms with van der Waals surface area (Å²) in [5, 5.41) is 15.1. The van der Waals surface area contributed by atoms with Gasteiger partial charge in [-0.15, -0.1) is 23.0 Å². The largest absolute Gasteiger partial charge is 0.283 e. The molecule has 0 saturated carbocycles. The minimum absolute atomic E-state index is 0.0331. The Labute approximate surface area is 147 Å². The highest BCUT2D eigenvalue weighted by Gasteiger charge is 2.14. The van der Waals surface area contributed by atoms with Crippen molar-refractivity contribution in [3.63, 3.8) is 0 Å². The second-order valence-corrected chi connectivity index (χ2v) is 7.04. The third-order valence-electron chi connectivity index (χ3n) is 3.52. The molecule has 24 heavy (non-hydrogen) atoms. The zero-order chi connectivity index (χ0) is 16.9. The van der Waals surface area contributed by atoms with Crippen LogP contribution in [0.4, 0.5) is 0 Å². The van der Waals surface area contributed by atoms with Gasteiger partial charge in [0.2, 0.25) is 0 Å². The van der Waals surface area contributed by atoms with Crippen molar-refractivity contribution in [2.75, 3.05) is 0 Å². The first kappa shape index (κ1) is 16.8. The van der Waals surface area contributed by atoms with E-state index in [1.54, 1.807) is 10.6 Å². The molecule has 3 heterocycles. The number of aryl methyl sites for hydroxylation is 1. The molecule has 0 aliphatic rings. The zero-order valence-electron chi connectivity index (χ0n) is 13.4. The SMILES string of the molecule is C=CCn1c(SCc2nnnn2CCCC)nc2sccc2c1=O. The Morgan fingerprint density at radius 1 is 1.46 bits per heavy atom. The Hall–Kier alpha value is -2.00. The van der Waals surface area contributed by atoms with E-state index in [1.807, 2.05) is 16.1 Å². The van der Waals surface area contributed by atoms with Crippen LogP contribution in [-0.4, -0.2) is 29.8 Å². The summed E-state index contributed by atoms with van der Waals surface area (Å²) in [5.41, 5.74) is -0.0331. The minimum Gasteiger partial charge on any atom is -0.283 e. The van der Waals surface area contributed by atoms with Crippen LogP contribution in [0.1, 0.15) is 25.6 Å². The number of hydrogen-bond donors (Lipinski definition) is 0. The number of nitrogens with zero attached hydrogens (tertiary/aromatic N) is 6. The molecule has 3 aromatic rings. The maximum Gasteiger partial charge on any atom is 0.263 e. The number of thioether (sulfide) groups is 1. The van der Waals surface area contributed by atoms with Crippen molar-refractivity contribution in [3.8, 4) is 0 Å². The van der Waals surface area contributed by atoms with Crippen LogP contribution in [0.5, 0.6) is 0 Å². The average molecular weight is 362 g/mol. The van der Waals surface area contributed by atoms with Gasteiger partial charge in [-0.1, -0.05) is 31.2 Å². The fraction of sp³-hybridized carbons (Fsp3) is 0.400. The van der Waals surface area contributed by atoms with E-state index in [9.17, 15) is 4.79 Å². The molecular formula is C15H18N6OS2. The lowest BCUT2D eigenvalue weighted by molar-refractivity contribution is 0.540. The van der Waals surface area contributed by atoms with Crippen molar-refractivity contribution < 1.29 is 0 Å². The summed E-state index contributed by atoms with van der Waals surface area (Å²) >= 11 is 2.94. The summed E-state index contributed by atoms with van der Waals surface area (Å²) in [6.45, 7) is 7.10. The summed E-state index contributed by atoms with van der Waals surface area (Å²) in [6, 6.07) is 1.81. The molecule has 0 N–H and O–H groups in total. The Morgan fingerprint density at radius 2 is 2.33 bits per heavy atom. The second kappa shape index (κ2) is 7.71. The smallest absolute Gasteiger partial charge is 0.263 e. The van der Waals surface area contributed by atoms with Crippen molar-refractivity contribution in [1.82, 2.24) is 29.8 Å². The summed E-state index contributed by atoms with van der Waals surface area (Å²) in [4.78, 5) is 18.0. The fourth-order valence-corrected chi connectivity index (χ4v) is 4.01. The highest BCUT2D eigenvalue weighted by atomic mass is 32.2. The van der Waals surface area contributed by atoms with Crippen LogP contribution in [0.25, 0.3) is 10.2 Å². The van der Waals surface area contributed by atoms with Gasteiger partial charge < -0.3 is 0 Å². The molecule has 0 amide bonds. The number of tetrazole rings is 1. The van der Waals surface area contributed by atoms with Crippen molar-refractivity contribution in [2.45, 2.75) is 43.8 Å². The first-order valence-corrected chi connectivity index (χ1v) is 9.58. The predicted molar refractivity (Wildman–Crippen MR) is 96.4 cm³/mol. The first-order chi connectivity index (χ1) is 11.7. The van der Waals surface area contributed by atoms with Crippen LogP contribution in [0.3, 0.4) is 0 Å². The summed E-state index contributed by atoms with van der Waals surface area (Å²) in [7, 11) is 0. The second-order valence-electron chi connectivity index (χ2n) is 5.20. The molecule has 0 atom stereocenters. The molecule has 0 radical (unpaired) electrons. The van der Waals surface area contributed by atoms with Gasteiger partial charge in [0, 0.05) is 13.1 Å². The van der Waals surface area contributed by atoms with E-state index in [1.165, 1.54) is 23.1 Å². The van der Waals surface area contributed by atoms with Crippen molar-refractivity contribution in [3.05, 3.63) is 40.3 Å². The first-order valence-electron chi connectivity index (χ1n) is 7.71. The van der Waals surface area contributed by atoms with Crippen LogP contribution in [-0.2, 0) is 18.8 Å². The quantitative estimate of drug-likeness (QED) is 0.348. The number of fused-ring (bicyclic) bond motifs is 1. The standard InChI is InChI=1S/C15H18N6OS2/c1-3-5-8-21-12(17-18-19-21)10-24-15-16-13-11(6-9-23-13)14(22)20(15)7-4-2/h4,6,9H,2-3,5,7-8,10H2,1H3. The Morgan fingerprint density at radius 3 is 3.12 bits per heavy atom. The number of thiophene rings is 1. The summed E-state index contributed by atoms with van der Waals surface area (Å²) in [6.07, 6.45) is 3.82. The summed E-state index contributed by atoms with van der Waals surface area (Å²) in [5.74, 6) is 1.36. The lowest BCUT2D eigenvalue weighted by Crippen LogP contribution is -2.22. The van der Waals surface area contributed by atoms with Gasteiger partial charge in [0.25, 0.3) is 5.56 Å². The van der Waals surface area contributed by atoms with E-state index in [0.29, 0.717) is 22.8 Å². The molecule has 0 bridgehead atoms. The average Bonchev–Trinajstić information content (AvgIpc) is 3.23. The highest BCUT2D eigenvalue weighted by Crippen LogP contribution is 2.23. The molecule has 0 unspecified atom stereocenters. The number of allylic oxidation sites excluding steroid dienone is 1. The summed E-state index contributed by atoms with van der Waals surface area (Å²) < 4.78 is 3.46. The van der Waals surface area contributed by atoms with Gasteiger partial charge in [-0.2, -0.15) is 0 Å². The lowest BCUT2D eigenvalue weighted by atomic mass is 10.3. The maximum absolute atomic E-state index is 12.6. The van der Waals surface area contributed by atoms with Crippen LogP contribution in [0.15, 0.2) is 34.1 Å². The molecular weight excluding hydrogens is 344 g/mol. The van der Waals surface area contributed by atoms with Gasteiger partial charge in [0.1, 0.15) is 4.83 Å². The number of rotatable bonds is 8. The van der Waals surface area contributed by atoms with Crippen molar-refractivity contribution >= 4 is 33.3 Å². The van der Waals surface area contributed by atoms with Crippen LogP contribution in [0, 0.1) is 0 Å². The van der Waals surface area contributed by atoms with Gasteiger partial charge in [-0.05, 0) is 28.3 Å². The van der Waals surface area contributed by atoms with Gasteiger partial charge in [0.15, 0.2) is 11.0 Å². The topological polar surface area (TPSA) is 78.5 Å². The Kier molecular flexibility index (Phi) is 5.41. The molecule has 0 aliphatic heterocycles. The molecule has 0 saturated heterocycles. The molecule has 9 heteroatoms. The van der Waals surface area contributed by atoms with E-state index in [0.717, 1.165) is 30.0 Å². The van der Waals surface area contributed by atoms with E-state index in [2.05, 4.69) is 34.0 Å². The molecule has 7 nitrogen and oxygen atoms in total. The molecule has 126 valence electrons. The Bertz CT molecular complexity index is 897. The van der Waals surface area contributed by atoms with E-state index < -0.39 is 0 Å². The highest BCUT2D eigenvalue weighted by molar-refractivity contribution is 7.98. The molecule has 3 aromatic heterocycles. The molecule has 0 fully saturated rings.